The highest BCUT2D eigenvalue weighted by Crippen LogP contribution is 2.34. The fourth-order valence-corrected chi connectivity index (χ4v) is 3.97. The van der Waals surface area contributed by atoms with Gasteiger partial charge < -0.3 is 20.1 Å². The number of amides is 1. The Hall–Kier alpha value is -2.27. The summed E-state index contributed by atoms with van der Waals surface area (Å²) >= 11 is 7.36. The highest BCUT2D eigenvalue weighted by molar-refractivity contribution is 7.13. The number of aryl methyl sites for hydroxylation is 1. The topological polar surface area (TPSA) is 98.3 Å². The van der Waals surface area contributed by atoms with Gasteiger partial charge in [-0.05, 0) is 19.8 Å². The van der Waals surface area contributed by atoms with Crippen LogP contribution in [0, 0.1) is 6.92 Å². The van der Waals surface area contributed by atoms with Crippen LogP contribution in [0.4, 0.5) is 19.4 Å². The Kier molecular flexibility index (Phi) is 7.82. The van der Waals surface area contributed by atoms with Gasteiger partial charge in [0.1, 0.15) is 11.9 Å². The van der Waals surface area contributed by atoms with Crippen molar-refractivity contribution in [3.05, 3.63) is 17.1 Å². The van der Waals surface area contributed by atoms with Crippen LogP contribution in [0.25, 0.3) is 10.8 Å². The van der Waals surface area contributed by atoms with E-state index in [-0.39, 0.29) is 37.2 Å². The molecule has 0 aromatic carbocycles. The molecular formula is C19H24ClF2N5O3S. The van der Waals surface area contributed by atoms with E-state index in [1.807, 2.05) is 12.3 Å². The second-order valence-electron chi connectivity index (χ2n) is 7.25. The molecule has 0 aliphatic heterocycles. The van der Waals surface area contributed by atoms with E-state index >= 15 is 0 Å². The molecule has 0 spiro atoms. The van der Waals surface area contributed by atoms with Crippen LogP contribution in [0.2, 0.25) is 0 Å². The summed E-state index contributed by atoms with van der Waals surface area (Å²) in [5.74, 6) is -1.47. The molecule has 1 amide bonds. The standard InChI is InChI=1S/C19H24ClF2N5O3S/c1-11-10-31-17(24-11)16-26-14(25-12-3-5-19(21,22)6-4-12)7-15(27-16)30-13(8-20)9-23-18(28)29-2/h7,10,12-13H,3-6,8-9H2,1-2H3,(H,23,28)(H,25,26,27). The second kappa shape index (κ2) is 10.4. The summed E-state index contributed by atoms with van der Waals surface area (Å²) in [7, 11) is 1.26. The third kappa shape index (κ3) is 6.86. The van der Waals surface area contributed by atoms with E-state index in [0.29, 0.717) is 29.5 Å². The lowest BCUT2D eigenvalue weighted by molar-refractivity contribution is -0.0361. The van der Waals surface area contributed by atoms with E-state index in [0.717, 1.165) is 5.69 Å². The third-order valence-corrected chi connectivity index (χ3v) is 6.00. The largest absolute Gasteiger partial charge is 0.471 e. The molecule has 1 saturated carbocycles. The number of hydrogen-bond donors (Lipinski definition) is 2. The van der Waals surface area contributed by atoms with E-state index in [1.165, 1.54) is 18.4 Å². The molecule has 1 fully saturated rings. The van der Waals surface area contributed by atoms with Crippen molar-refractivity contribution in [1.82, 2.24) is 20.3 Å². The molecule has 1 unspecified atom stereocenters. The molecule has 2 aromatic rings. The lowest BCUT2D eigenvalue weighted by Crippen LogP contribution is -2.36. The Morgan fingerprint density at radius 3 is 2.71 bits per heavy atom. The van der Waals surface area contributed by atoms with Gasteiger partial charge in [0.05, 0.1) is 19.5 Å². The van der Waals surface area contributed by atoms with Gasteiger partial charge in [0.15, 0.2) is 10.8 Å². The molecule has 0 saturated heterocycles. The van der Waals surface area contributed by atoms with Gasteiger partial charge in [-0.1, -0.05) is 0 Å². The summed E-state index contributed by atoms with van der Waals surface area (Å²) in [6.07, 6.45) is -0.811. The van der Waals surface area contributed by atoms with Crippen LogP contribution < -0.4 is 15.4 Å². The van der Waals surface area contributed by atoms with Gasteiger partial charge in [0.2, 0.25) is 11.8 Å². The first kappa shape index (κ1) is 23.4. The highest BCUT2D eigenvalue weighted by atomic mass is 35.5. The number of thiazole rings is 1. The summed E-state index contributed by atoms with van der Waals surface area (Å²) in [6, 6.07) is 1.46. The van der Waals surface area contributed by atoms with Crippen molar-refractivity contribution in [2.24, 2.45) is 0 Å². The van der Waals surface area contributed by atoms with Crippen LogP contribution in [-0.2, 0) is 4.74 Å². The number of methoxy groups -OCH3 is 1. The summed E-state index contributed by atoms with van der Waals surface area (Å²) in [4.78, 5) is 24.7. The fourth-order valence-electron chi connectivity index (χ4n) is 3.07. The maximum Gasteiger partial charge on any atom is 0.406 e. The first-order chi connectivity index (χ1) is 14.8. The van der Waals surface area contributed by atoms with Crippen molar-refractivity contribution >= 4 is 34.8 Å². The number of anilines is 1. The van der Waals surface area contributed by atoms with Crippen LogP contribution in [-0.4, -0.2) is 58.6 Å². The molecule has 170 valence electrons. The summed E-state index contributed by atoms with van der Waals surface area (Å²) in [6.45, 7) is 1.98. The second-order valence-corrected chi connectivity index (χ2v) is 8.42. The summed E-state index contributed by atoms with van der Waals surface area (Å²) in [5.41, 5.74) is 0.833. The number of hydrogen-bond acceptors (Lipinski definition) is 8. The maximum absolute atomic E-state index is 13.5. The van der Waals surface area contributed by atoms with Gasteiger partial charge in [-0.3, -0.25) is 0 Å². The quantitative estimate of drug-likeness (QED) is 0.551. The first-order valence-electron chi connectivity index (χ1n) is 9.78. The highest BCUT2D eigenvalue weighted by Gasteiger charge is 2.35. The fraction of sp³-hybridized carbons (Fsp3) is 0.579. The van der Waals surface area contributed by atoms with Gasteiger partial charge in [-0.15, -0.1) is 22.9 Å². The van der Waals surface area contributed by atoms with Crippen molar-refractivity contribution in [3.63, 3.8) is 0 Å². The van der Waals surface area contributed by atoms with Crippen LogP contribution in [0.3, 0.4) is 0 Å². The zero-order valence-corrected chi connectivity index (χ0v) is 18.7. The minimum atomic E-state index is -2.61. The lowest BCUT2D eigenvalue weighted by Gasteiger charge is -2.29. The third-order valence-electron chi connectivity index (χ3n) is 4.70. The van der Waals surface area contributed by atoms with Gasteiger partial charge in [-0.2, -0.15) is 4.98 Å². The number of rotatable bonds is 8. The summed E-state index contributed by atoms with van der Waals surface area (Å²) < 4.78 is 37.4. The predicted molar refractivity (Wildman–Crippen MR) is 114 cm³/mol. The van der Waals surface area contributed by atoms with Crippen LogP contribution in [0.5, 0.6) is 5.88 Å². The number of carbonyl (C=O) groups excluding carboxylic acids is 1. The Labute approximate surface area is 187 Å². The first-order valence-corrected chi connectivity index (χ1v) is 11.2. The molecular weight excluding hydrogens is 452 g/mol. The number of carbonyl (C=O) groups is 1. The monoisotopic (exact) mass is 475 g/mol. The maximum atomic E-state index is 13.5. The number of alkyl halides is 3. The van der Waals surface area contributed by atoms with Gasteiger partial charge in [0.25, 0.3) is 0 Å². The molecule has 8 nitrogen and oxygen atoms in total. The minimum absolute atomic E-state index is 0.0974. The molecule has 2 N–H and O–H groups in total. The zero-order valence-electron chi connectivity index (χ0n) is 17.2. The van der Waals surface area contributed by atoms with Crippen LogP contribution in [0.1, 0.15) is 31.4 Å². The number of nitrogens with one attached hydrogen (secondary N) is 2. The molecule has 0 radical (unpaired) electrons. The molecule has 12 heteroatoms. The van der Waals surface area contributed by atoms with E-state index in [4.69, 9.17) is 16.3 Å². The van der Waals surface area contributed by atoms with E-state index in [1.54, 1.807) is 6.07 Å². The van der Waals surface area contributed by atoms with Gasteiger partial charge >= 0.3 is 6.09 Å². The lowest BCUT2D eigenvalue weighted by atomic mass is 9.92. The zero-order chi connectivity index (χ0) is 22.4. The number of halogens is 3. The molecule has 3 rings (SSSR count). The Balaban J connectivity index is 1.79. The van der Waals surface area contributed by atoms with E-state index in [2.05, 4.69) is 30.3 Å². The van der Waals surface area contributed by atoms with Crippen LogP contribution in [0.15, 0.2) is 11.4 Å². The smallest absolute Gasteiger partial charge is 0.406 e. The van der Waals surface area contributed by atoms with E-state index in [9.17, 15) is 13.6 Å². The molecule has 1 aliphatic carbocycles. The number of nitrogens with zero attached hydrogens (tertiary/aromatic N) is 3. The normalized spacial score (nSPS) is 17.1. The molecule has 31 heavy (non-hydrogen) atoms. The van der Waals surface area contributed by atoms with Crippen molar-refractivity contribution in [3.8, 4) is 16.7 Å². The van der Waals surface area contributed by atoms with Gasteiger partial charge in [0, 0.05) is 36.0 Å². The Bertz CT molecular complexity index is 891. The molecule has 0 bridgehead atoms. The SMILES string of the molecule is COC(=O)NCC(CCl)Oc1cc(NC2CCC(F)(F)CC2)nc(-c2nc(C)cs2)n1. The molecule has 2 heterocycles. The van der Waals surface area contributed by atoms with Crippen molar-refractivity contribution in [2.75, 3.05) is 24.9 Å². The average molecular weight is 476 g/mol. The Morgan fingerprint density at radius 1 is 1.35 bits per heavy atom. The molecule has 1 atom stereocenters. The molecule has 2 aromatic heterocycles. The number of ether oxygens (including phenoxy) is 2. The van der Waals surface area contributed by atoms with E-state index < -0.39 is 18.1 Å². The predicted octanol–water partition coefficient (Wildman–Crippen LogP) is 4.24. The molecule has 1 aliphatic rings. The number of aromatic nitrogens is 3. The van der Waals surface area contributed by atoms with Crippen molar-refractivity contribution in [1.29, 1.82) is 0 Å². The van der Waals surface area contributed by atoms with Crippen molar-refractivity contribution in [2.45, 2.75) is 50.7 Å². The summed E-state index contributed by atoms with van der Waals surface area (Å²) in [5, 5.41) is 8.23. The van der Waals surface area contributed by atoms with Crippen molar-refractivity contribution < 1.29 is 23.0 Å². The minimum Gasteiger partial charge on any atom is -0.471 e. The van der Waals surface area contributed by atoms with Crippen LogP contribution >= 0.6 is 22.9 Å². The van der Waals surface area contributed by atoms with Gasteiger partial charge in [-0.25, -0.2) is 23.5 Å². The number of alkyl carbamates (subject to hydrolysis) is 1. The average Bonchev–Trinajstić information content (AvgIpc) is 3.18. The Morgan fingerprint density at radius 2 is 2.10 bits per heavy atom.